The first-order valence-electron chi connectivity index (χ1n) is 4.65. The minimum Gasteiger partial charge on any atom is -0.348 e. The van der Waals surface area contributed by atoms with E-state index in [1.165, 1.54) is 18.6 Å². The molecule has 0 amide bonds. The molecule has 0 unspecified atom stereocenters. The van der Waals surface area contributed by atoms with Crippen LogP contribution in [-0.4, -0.2) is 18.4 Å². The van der Waals surface area contributed by atoms with E-state index in [1.54, 1.807) is 12.1 Å². The van der Waals surface area contributed by atoms with Crippen molar-refractivity contribution in [2.75, 3.05) is 0 Å². The molecule has 17 heavy (non-hydrogen) atoms. The molecule has 0 aliphatic rings. The number of benzene rings is 1. The number of aromatic nitrogens is 2. The van der Waals surface area contributed by atoms with Crippen LogP contribution >= 0.6 is 23.2 Å². The Bertz CT molecular complexity index is 624. The number of hydrogen-bond acceptors (Lipinski definition) is 3. The number of imidazole rings is 1. The summed E-state index contributed by atoms with van der Waals surface area (Å²) in [7, 11) is -3.52. The molecule has 1 aromatic heterocycles. The summed E-state index contributed by atoms with van der Waals surface area (Å²) in [6.07, 6.45) is 2.88. The smallest absolute Gasteiger partial charge is 0.185 e. The van der Waals surface area contributed by atoms with Gasteiger partial charge in [-0.1, -0.05) is 29.3 Å². The molecule has 0 aliphatic heterocycles. The van der Waals surface area contributed by atoms with E-state index in [0.29, 0.717) is 5.69 Å². The van der Waals surface area contributed by atoms with Gasteiger partial charge in [0, 0.05) is 6.20 Å². The Labute approximate surface area is 109 Å². The number of aromatic amines is 1. The van der Waals surface area contributed by atoms with E-state index in [-0.39, 0.29) is 20.7 Å². The summed E-state index contributed by atoms with van der Waals surface area (Å²) in [5.74, 6) is -0.187. The molecule has 4 nitrogen and oxygen atoms in total. The highest BCUT2D eigenvalue weighted by molar-refractivity contribution is 7.90. The van der Waals surface area contributed by atoms with Gasteiger partial charge < -0.3 is 4.98 Å². The van der Waals surface area contributed by atoms with Gasteiger partial charge in [-0.2, -0.15) is 0 Å². The van der Waals surface area contributed by atoms with E-state index in [2.05, 4.69) is 9.97 Å². The highest BCUT2D eigenvalue weighted by Crippen LogP contribution is 2.30. The first kappa shape index (κ1) is 12.4. The lowest BCUT2D eigenvalue weighted by Crippen LogP contribution is -2.06. The summed E-state index contributed by atoms with van der Waals surface area (Å²) in [5, 5.41) is 0.269. The molecule has 0 bridgehead atoms. The van der Waals surface area contributed by atoms with Crippen LogP contribution in [0.1, 0.15) is 5.69 Å². The van der Waals surface area contributed by atoms with Crippen LogP contribution in [0.5, 0.6) is 0 Å². The van der Waals surface area contributed by atoms with Gasteiger partial charge in [0.1, 0.15) is 0 Å². The van der Waals surface area contributed by atoms with Crippen LogP contribution in [0.2, 0.25) is 10.0 Å². The maximum Gasteiger partial charge on any atom is 0.185 e. The molecule has 1 aromatic carbocycles. The third-order valence-electron chi connectivity index (χ3n) is 2.15. The van der Waals surface area contributed by atoms with E-state index in [1.807, 2.05) is 0 Å². The fourth-order valence-corrected chi connectivity index (χ4v) is 3.47. The van der Waals surface area contributed by atoms with E-state index >= 15 is 0 Å². The van der Waals surface area contributed by atoms with Crippen LogP contribution in [0, 0.1) is 0 Å². The molecule has 0 fully saturated rings. The lowest BCUT2D eigenvalue weighted by Gasteiger charge is -2.06. The topological polar surface area (TPSA) is 62.8 Å². The lowest BCUT2D eigenvalue weighted by atomic mass is 10.4. The molecule has 0 radical (unpaired) electrons. The zero-order chi connectivity index (χ0) is 12.5. The number of nitrogens with one attached hydrogen (secondary N) is 1. The fourth-order valence-electron chi connectivity index (χ4n) is 1.37. The van der Waals surface area contributed by atoms with Gasteiger partial charge in [0.25, 0.3) is 0 Å². The highest BCUT2D eigenvalue weighted by atomic mass is 35.5. The standard InChI is InChI=1S/C10H8Cl2N2O2S/c11-8-2-1-3-9(10(8)12)17(15,16)5-7-4-13-6-14-7/h1-4,6H,5H2,(H,13,14). The number of hydrogen-bond donors (Lipinski definition) is 1. The van der Waals surface area contributed by atoms with Gasteiger partial charge in [-0.3, -0.25) is 0 Å². The van der Waals surface area contributed by atoms with Crippen molar-refractivity contribution in [3.05, 3.63) is 46.5 Å². The second-order valence-electron chi connectivity index (χ2n) is 3.39. The van der Waals surface area contributed by atoms with Crippen molar-refractivity contribution in [1.82, 2.24) is 9.97 Å². The van der Waals surface area contributed by atoms with E-state index in [0.717, 1.165) is 0 Å². The Morgan fingerprint density at radius 3 is 2.71 bits per heavy atom. The first-order valence-corrected chi connectivity index (χ1v) is 7.05. The molecule has 7 heteroatoms. The van der Waals surface area contributed by atoms with Crippen LogP contribution in [-0.2, 0) is 15.6 Å². The predicted octanol–water partition coefficient (Wildman–Crippen LogP) is 2.69. The number of sulfone groups is 1. The van der Waals surface area contributed by atoms with Crippen molar-refractivity contribution < 1.29 is 8.42 Å². The molecular formula is C10H8Cl2N2O2S. The van der Waals surface area contributed by atoms with Crippen molar-refractivity contribution in [2.45, 2.75) is 10.6 Å². The SMILES string of the molecule is O=S(=O)(Cc1cnc[nH]1)c1cccc(Cl)c1Cl. The van der Waals surface area contributed by atoms with Crippen LogP contribution in [0.15, 0.2) is 35.6 Å². The third-order valence-corrected chi connectivity index (χ3v) is 4.78. The van der Waals surface area contributed by atoms with Gasteiger partial charge in [-0.05, 0) is 12.1 Å². The normalized spacial score (nSPS) is 11.6. The second-order valence-corrected chi connectivity index (χ2v) is 6.13. The molecule has 2 aromatic rings. The maximum atomic E-state index is 12.1. The van der Waals surface area contributed by atoms with Gasteiger partial charge in [-0.15, -0.1) is 0 Å². The maximum absolute atomic E-state index is 12.1. The average Bonchev–Trinajstić information content (AvgIpc) is 2.73. The molecule has 2 rings (SSSR count). The van der Waals surface area contributed by atoms with Gasteiger partial charge in [0.15, 0.2) is 9.84 Å². The van der Waals surface area contributed by atoms with Gasteiger partial charge in [0.05, 0.1) is 32.7 Å². The molecule has 1 heterocycles. The molecule has 90 valence electrons. The minimum absolute atomic E-state index is 0.0290. The van der Waals surface area contributed by atoms with Crippen LogP contribution < -0.4 is 0 Å². The molecule has 0 saturated carbocycles. The minimum atomic E-state index is -3.52. The van der Waals surface area contributed by atoms with E-state index in [9.17, 15) is 8.42 Å². The van der Waals surface area contributed by atoms with Gasteiger partial charge in [-0.25, -0.2) is 13.4 Å². The van der Waals surface area contributed by atoms with Crippen molar-refractivity contribution in [1.29, 1.82) is 0 Å². The zero-order valence-electron chi connectivity index (χ0n) is 8.52. The molecule has 1 N–H and O–H groups in total. The van der Waals surface area contributed by atoms with Crippen molar-refractivity contribution in [2.24, 2.45) is 0 Å². The van der Waals surface area contributed by atoms with Crippen LogP contribution in [0.3, 0.4) is 0 Å². The first-order chi connectivity index (χ1) is 8.00. The fraction of sp³-hybridized carbons (Fsp3) is 0.100. The summed E-state index contributed by atoms with van der Waals surface area (Å²) in [6, 6.07) is 4.52. The number of rotatable bonds is 3. The van der Waals surface area contributed by atoms with Crippen molar-refractivity contribution >= 4 is 33.0 Å². The Morgan fingerprint density at radius 2 is 2.06 bits per heavy atom. The summed E-state index contributed by atoms with van der Waals surface area (Å²) >= 11 is 11.7. The highest BCUT2D eigenvalue weighted by Gasteiger charge is 2.20. The number of nitrogens with zero attached hydrogens (tertiary/aromatic N) is 1. The summed E-state index contributed by atoms with van der Waals surface area (Å²) in [6.45, 7) is 0. The Hall–Kier alpha value is -1.04. The number of H-pyrrole nitrogens is 1. The van der Waals surface area contributed by atoms with Crippen LogP contribution in [0.4, 0.5) is 0 Å². The Morgan fingerprint density at radius 1 is 1.29 bits per heavy atom. The zero-order valence-corrected chi connectivity index (χ0v) is 10.9. The summed E-state index contributed by atoms with van der Waals surface area (Å²) in [4.78, 5) is 6.52. The Kier molecular flexibility index (Phi) is 3.42. The monoisotopic (exact) mass is 290 g/mol. The quantitative estimate of drug-likeness (QED) is 0.945. The number of halogens is 2. The van der Waals surface area contributed by atoms with Gasteiger partial charge >= 0.3 is 0 Å². The molecule has 0 aliphatic carbocycles. The largest absolute Gasteiger partial charge is 0.348 e. The predicted molar refractivity (Wildman–Crippen MR) is 65.9 cm³/mol. The third kappa shape index (κ3) is 2.62. The second kappa shape index (κ2) is 4.68. The molecule has 0 saturated heterocycles. The van der Waals surface area contributed by atoms with E-state index < -0.39 is 9.84 Å². The van der Waals surface area contributed by atoms with Crippen molar-refractivity contribution in [3.8, 4) is 0 Å². The van der Waals surface area contributed by atoms with E-state index in [4.69, 9.17) is 23.2 Å². The Balaban J connectivity index is 2.42. The van der Waals surface area contributed by atoms with Crippen molar-refractivity contribution in [3.63, 3.8) is 0 Å². The van der Waals surface area contributed by atoms with Crippen LogP contribution in [0.25, 0.3) is 0 Å². The summed E-state index contributed by atoms with van der Waals surface area (Å²) < 4.78 is 24.2. The molecular weight excluding hydrogens is 283 g/mol. The lowest BCUT2D eigenvalue weighted by molar-refractivity contribution is 0.595. The summed E-state index contributed by atoms with van der Waals surface area (Å²) in [5.41, 5.74) is 0.501. The molecule has 0 atom stereocenters. The molecule has 0 spiro atoms. The average molecular weight is 291 g/mol. The van der Waals surface area contributed by atoms with Gasteiger partial charge in [0.2, 0.25) is 0 Å².